The molecule has 1 aliphatic heterocycles. The molecule has 86 valence electrons. The first-order valence-electron chi connectivity index (χ1n) is 5.49. The molecule has 0 amide bonds. The van der Waals surface area contributed by atoms with E-state index in [1.165, 1.54) is 19.1 Å². The zero-order valence-corrected chi connectivity index (χ0v) is 9.06. The number of likely N-dealkylation sites (N-methyl/N-ethyl adjacent to an activating group) is 1. The number of nitrogens with one attached hydrogen (secondary N) is 1. The van der Waals surface area contributed by atoms with Gasteiger partial charge in [-0.15, -0.1) is 0 Å². The minimum absolute atomic E-state index is 0.0271. The van der Waals surface area contributed by atoms with Crippen LogP contribution in [0.15, 0.2) is 10.7 Å². The van der Waals surface area contributed by atoms with E-state index in [4.69, 9.17) is 9.52 Å². The van der Waals surface area contributed by atoms with Crippen molar-refractivity contribution in [3.8, 4) is 0 Å². The molecule has 2 N–H and O–H groups in total. The fourth-order valence-corrected chi connectivity index (χ4v) is 2.38. The number of carboxylic acids is 1. The molecule has 0 spiro atoms. The van der Waals surface area contributed by atoms with Crippen molar-refractivity contribution in [1.29, 1.82) is 0 Å². The van der Waals surface area contributed by atoms with Crippen LogP contribution in [0.2, 0.25) is 0 Å². The van der Waals surface area contributed by atoms with Crippen LogP contribution in [0.5, 0.6) is 0 Å². The molecule has 1 atom stereocenters. The van der Waals surface area contributed by atoms with Gasteiger partial charge in [0.15, 0.2) is 0 Å². The predicted molar refractivity (Wildman–Crippen MR) is 59.1 cm³/mol. The fraction of sp³-hybridized carbons (Fsp3) is 0.545. The first kappa shape index (κ1) is 9.57. The van der Waals surface area contributed by atoms with E-state index in [-0.39, 0.29) is 5.76 Å². The summed E-state index contributed by atoms with van der Waals surface area (Å²) in [7, 11) is 1.91. The molecule has 0 aromatic carbocycles. The van der Waals surface area contributed by atoms with Crippen LogP contribution in [0.25, 0.3) is 0 Å². The Bertz CT molecular complexity index is 436. The average Bonchev–Trinajstić information content (AvgIpc) is 2.98. The largest absolute Gasteiger partial charge is 0.475 e. The van der Waals surface area contributed by atoms with Gasteiger partial charge in [0.25, 0.3) is 0 Å². The lowest BCUT2D eigenvalue weighted by Crippen LogP contribution is -2.40. The molecule has 3 rings (SSSR count). The SMILES string of the molecule is CN1CC(C2CC2)Nc2coc(C(=O)O)c21. The van der Waals surface area contributed by atoms with Crippen molar-refractivity contribution in [1.82, 2.24) is 0 Å². The van der Waals surface area contributed by atoms with Crippen LogP contribution >= 0.6 is 0 Å². The molecule has 5 heteroatoms. The van der Waals surface area contributed by atoms with E-state index in [2.05, 4.69) is 5.32 Å². The Morgan fingerprint density at radius 3 is 3.00 bits per heavy atom. The molecule has 0 bridgehead atoms. The van der Waals surface area contributed by atoms with E-state index in [9.17, 15) is 4.79 Å². The van der Waals surface area contributed by atoms with E-state index in [1.807, 2.05) is 11.9 Å². The standard InChI is InChI=1S/C11H14N2O3/c1-13-4-7(6-2-3-6)12-8-5-16-10(9(8)13)11(14)15/h5-7,12H,2-4H2,1H3,(H,14,15). The summed E-state index contributed by atoms with van der Waals surface area (Å²) in [5.41, 5.74) is 1.48. The zero-order chi connectivity index (χ0) is 11.3. The molecule has 1 fully saturated rings. The van der Waals surface area contributed by atoms with Crippen LogP contribution in [0.4, 0.5) is 11.4 Å². The summed E-state index contributed by atoms with van der Waals surface area (Å²) in [5.74, 6) is -0.252. The van der Waals surface area contributed by atoms with Crippen LogP contribution in [0.1, 0.15) is 23.4 Å². The first-order valence-corrected chi connectivity index (χ1v) is 5.49. The second-order valence-corrected chi connectivity index (χ2v) is 4.60. The molecule has 1 aromatic heterocycles. The molecular weight excluding hydrogens is 208 g/mol. The quantitative estimate of drug-likeness (QED) is 0.796. The van der Waals surface area contributed by atoms with E-state index in [0.717, 1.165) is 18.2 Å². The number of fused-ring (bicyclic) bond motifs is 1. The van der Waals surface area contributed by atoms with Gasteiger partial charge in [0.1, 0.15) is 12.0 Å². The highest BCUT2D eigenvalue weighted by Crippen LogP contribution is 2.41. The molecule has 2 aliphatic rings. The summed E-state index contributed by atoms with van der Waals surface area (Å²) >= 11 is 0. The molecule has 2 heterocycles. The number of carboxylic acid groups (broad SMARTS) is 1. The van der Waals surface area contributed by atoms with Gasteiger partial charge in [-0.25, -0.2) is 4.79 Å². The number of carbonyl (C=O) groups is 1. The molecular formula is C11H14N2O3. The van der Waals surface area contributed by atoms with Crippen LogP contribution in [-0.2, 0) is 0 Å². The first-order chi connectivity index (χ1) is 7.66. The summed E-state index contributed by atoms with van der Waals surface area (Å²) in [6, 6.07) is 0.428. The fourth-order valence-electron chi connectivity index (χ4n) is 2.38. The number of hydrogen-bond acceptors (Lipinski definition) is 4. The van der Waals surface area contributed by atoms with Gasteiger partial charge in [-0.1, -0.05) is 0 Å². The Kier molecular flexibility index (Phi) is 1.89. The number of anilines is 2. The third-order valence-corrected chi connectivity index (χ3v) is 3.34. The van der Waals surface area contributed by atoms with Crippen molar-refractivity contribution >= 4 is 17.3 Å². The number of nitrogens with zero attached hydrogens (tertiary/aromatic N) is 1. The van der Waals surface area contributed by atoms with Crippen molar-refractivity contribution < 1.29 is 14.3 Å². The van der Waals surface area contributed by atoms with Gasteiger partial charge in [-0.2, -0.15) is 0 Å². The highest BCUT2D eigenvalue weighted by Gasteiger charge is 2.37. The number of aromatic carboxylic acids is 1. The van der Waals surface area contributed by atoms with Crippen LogP contribution in [0, 0.1) is 5.92 Å². The topological polar surface area (TPSA) is 65.7 Å². The van der Waals surface area contributed by atoms with E-state index in [1.54, 1.807) is 0 Å². The van der Waals surface area contributed by atoms with Gasteiger partial charge in [-0.05, 0) is 18.8 Å². The Labute approximate surface area is 93.0 Å². The van der Waals surface area contributed by atoms with Crippen molar-refractivity contribution in [2.24, 2.45) is 5.92 Å². The van der Waals surface area contributed by atoms with Crippen LogP contribution in [0.3, 0.4) is 0 Å². The highest BCUT2D eigenvalue weighted by atomic mass is 16.4. The summed E-state index contributed by atoms with van der Waals surface area (Å²) in [6.07, 6.45) is 4.04. The average molecular weight is 222 g/mol. The van der Waals surface area contributed by atoms with Crippen molar-refractivity contribution in [2.45, 2.75) is 18.9 Å². The molecule has 1 aromatic rings. The molecule has 5 nitrogen and oxygen atoms in total. The molecule has 1 unspecified atom stereocenters. The molecule has 16 heavy (non-hydrogen) atoms. The zero-order valence-electron chi connectivity index (χ0n) is 9.06. The maximum Gasteiger partial charge on any atom is 0.374 e. The molecule has 0 radical (unpaired) electrons. The predicted octanol–water partition coefficient (Wildman–Crippen LogP) is 1.62. The van der Waals surface area contributed by atoms with Crippen LogP contribution in [-0.4, -0.2) is 30.7 Å². The van der Waals surface area contributed by atoms with Gasteiger partial charge in [0, 0.05) is 19.6 Å². The molecule has 0 saturated heterocycles. The summed E-state index contributed by atoms with van der Waals surface area (Å²) in [6.45, 7) is 0.845. The van der Waals surface area contributed by atoms with Crippen molar-refractivity contribution in [3.63, 3.8) is 0 Å². The van der Waals surface area contributed by atoms with Gasteiger partial charge >= 0.3 is 5.97 Å². The second kappa shape index (κ2) is 3.17. The lowest BCUT2D eigenvalue weighted by Gasteiger charge is -2.32. The van der Waals surface area contributed by atoms with Gasteiger partial charge in [0.2, 0.25) is 5.76 Å². The van der Waals surface area contributed by atoms with E-state index in [0.29, 0.717) is 11.7 Å². The summed E-state index contributed by atoms with van der Waals surface area (Å²) < 4.78 is 5.09. The second-order valence-electron chi connectivity index (χ2n) is 4.60. The monoisotopic (exact) mass is 222 g/mol. The molecule has 1 aliphatic carbocycles. The number of rotatable bonds is 2. The van der Waals surface area contributed by atoms with E-state index < -0.39 is 5.97 Å². The minimum atomic E-state index is -1.01. The van der Waals surface area contributed by atoms with Gasteiger partial charge in [-0.3, -0.25) is 0 Å². The number of furan rings is 1. The lowest BCUT2D eigenvalue weighted by molar-refractivity contribution is 0.0663. The Morgan fingerprint density at radius 2 is 2.38 bits per heavy atom. The van der Waals surface area contributed by atoms with Crippen molar-refractivity contribution in [3.05, 3.63) is 12.0 Å². The Hall–Kier alpha value is -1.65. The summed E-state index contributed by atoms with van der Waals surface area (Å²) in [5, 5.41) is 12.4. The maximum atomic E-state index is 11.0. The highest BCUT2D eigenvalue weighted by molar-refractivity contribution is 5.96. The van der Waals surface area contributed by atoms with Gasteiger partial charge in [0.05, 0.1) is 5.69 Å². The Balaban J connectivity index is 1.94. The van der Waals surface area contributed by atoms with Crippen LogP contribution < -0.4 is 10.2 Å². The maximum absolute atomic E-state index is 11.0. The third kappa shape index (κ3) is 1.35. The third-order valence-electron chi connectivity index (χ3n) is 3.34. The smallest absolute Gasteiger partial charge is 0.374 e. The molecule has 1 saturated carbocycles. The van der Waals surface area contributed by atoms with Gasteiger partial charge < -0.3 is 19.7 Å². The minimum Gasteiger partial charge on any atom is -0.475 e. The van der Waals surface area contributed by atoms with Crippen molar-refractivity contribution in [2.75, 3.05) is 23.8 Å². The summed E-state index contributed by atoms with van der Waals surface area (Å²) in [4.78, 5) is 12.9. The Morgan fingerprint density at radius 1 is 1.62 bits per heavy atom. The lowest BCUT2D eigenvalue weighted by atomic mass is 10.1. The number of hydrogen-bond donors (Lipinski definition) is 2. The van der Waals surface area contributed by atoms with E-state index >= 15 is 0 Å². The normalized spacial score (nSPS) is 23.8.